The second kappa shape index (κ2) is 5.30. The quantitative estimate of drug-likeness (QED) is 0.658. The van der Waals surface area contributed by atoms with Crippen molar-refractivity contribution in [1.82, 2.24) is 4.98 Å². The van der Waals surface area contributed by atoms with Crippen LogP contribution in [0.4, 0.5) is 11.5 Å². The van der Waals surface area contributed by atoms with Crippen molar-refractivity contribution in [3.63, 3.8) is 0 Å². The highest BCUT2D eigenvalue weighted by atomic mass is 16.2. The van der Waals surface area contributed by atoms with Gasteiger partial charge in [-0.15, -0.1) is 0 Å². The van der Waals surface area contributed by atoms with Crippen LogP contribution in [0.3, 0.4) is 0 Å². The number of para-hydroxylation sites is 1. The van der Waals surface area contributed by atoms with E-state index in [1.807, 2.05) is 30.3 Å². The molecule has 0 spiro atoms. The average molecular weight is 268 g/mol. The number of fused-ring (bicyclic) bond motifs is 1. The van der Waals surface area contributed by atoms with Gasteiger partial charge in [0.2, 0.25) is 5.91 Å². The molecule has 0 atom stereocenters. The molecule has 1 amide bonds. The fraction of sp³-hybridized carbons (Fsp3) is 0.200. The number of hydrogen-bond donors (Lipinski definition) is 2. The third-order valence-corrected chi connectivity index (χ3v) is 3.55. The Morgan fingerprint density at radius 2 is 2.05 bits per heavy atom. The van der Waals surface area contributed by atoms with Gasteiger partial charge < -0.3 is 10.3 Å². The molecule has 1 aromatic carbocycles. The highest BCUT2D eigenvalue weighted by Gasteiger charge is 2.24. The molecule has 0 saturated heterocycles. The molecule has 1 aliphatic rings. The number of nitrogen functional groups attached to an aromatic ring is 1. The van der Waals surface area contributed by atoms with E-state index in [0.29, 0.717) is 18.8 Å². The van der Waals surface area contributed by atoms with E-state index in [2.05, 4.69) is 16.5 Å². The van der Waals surface area contributed by atoms with E-state index in [0.717, 1.165) is 17.7 Å². The van der Waals surface area contributed by atoms with E-state index >= 15 is 0 Å². The fourth-order valence-electron chi connectivity index (χ4n) is 2.54. The molecule has 2 aromatic rings. The molecule has 0 bridgehead atoms. The van der Waals surface area contributed by atoms with Crippen molar-refractivity contribution in [2.24, 2.45) is 5.84 Å². The van der Waals surface area contributed by atoms with Gasteiger partial charge in [-0.05, 0) is 24.1 Å². The van der Waals surface area contributed by atoms with Gasteiger partial charge in [0.1, 0.15) is 5.82 Å². The number of nitrogens with two attached hydrogens (primary N) is 1. The van der Waals surface area contributed by atoms with E-state index in [4.69, 9.17) is 5.84 Å². The summed E-state index contributed by atoms with van der Waals surface area (Å²) in [6.07, 6.45) is 3.02. The van der Waals surface area contributed by atoms with Crippen molar-refractivity contribution in [1.29, 1.82) is 0 Å². The smallest absolute Gasteiger partial charge is 0.227 e. The van der Waals surface area contributed by atoms with Gasteiger partial charge in [-0.1, -0.05) is 24.3 Å². The second-order valence-corrected chi connectivity index (χ2v) is 4.76. The average Bonchev–Trinajstić information content (AvgIpc) is 2.50. The molecule has 0 unspecified atom stereocenters. The number of rotatable bonds is 3. The molecule has 1 aliphatic heterocycles. The number of pyridine rings is 1. The summed E-state index contributed by atoms with van der Waals surface area (Å²) in [5.74, 6) is 6.20. The maximum Gasteiger partial charge on any atom is 0.227 e. The van der Waals surface area contributed by atoms with Crippen LogP contribution in [-0.2, 0) is 17.8 Å². The molecule has 2 heterocycles. The van der Waals surface area contributed by atoms with Crippen molar-refractivity contribution in [2.75, 3.05) is 10.3 Å². The predicted octanol–water partition coefficient (Wildman–Crippen LogP) is 1.85. The summed E-state index contributed by atoms with van der Waals surface area (Å²) in [6, 6.07) is 11.8. The number of benzene rings is 1. The first-order valence-electron chi connectivity index (χ1n) is 6.58. The highest BCUT2D eigenvalue weighted by Crippen LogP contribution is 2.29. The zero-order valence-electron chi connectivity index (χ0n) is 11.0. The number of aryl methyl sites for hydroxylation is 1. The second-order valence-electron chi connectivity index (χ2n) is 4.76. The van der Waals surface area contributed by atoms with Gasteiger partial charge in [-0.25, -0.2) is 10.8 Å². The molecular formula is C15H16N4O. The zero-order chi connectivity index (χ0) is 13.9. The largest absolute Gasteiger partial charge is 0.308 e. The number of carbonyl (C=O) groups excluding carboxylic acids is 1. The van der Waals surface area contributed by atoms with E-state index in [9.17, 15) is 4.79 Å². The number of nitrogens with zero attached hydrogens (tertiary/aromatic N) is 2. The Kier molecular flexibility index (Phi) is 3.35. The van der Waals surface area contributed by atoms with E-state index in [-0.39, 0.29) is 5.91 Å². The molecule has 0 saturated carbocycles. The zero-order valence-corrected chi connectivity index (χ0v) is 11.0. The Bertz CT molecular complexity index is 641. The Labute approximate surface area is 117 Å². The molecule has 5 nitrogen and oxygen atoms in total. The molecule has 5 heteroatoms. The van der Waals surface area contributed by atoms with Gasteiger partial charge in [0.05, 0.1) is 6.54 Å². The first kappa shape index (κ1) is 12.6. The summed E-state index contributed by atoms with van der Waals surface area (Å²) in [4.78, 5) is 18.2. The molecular weight excluding hydrogens is 252 g/mol. The summed E-state index contributed by atoms with van der Waals surface area (Å²) in [6.45, 7) is 0.475. The minimum Gasteiger partial charge on any atom is -0.308 e. The van der Waals surface area contributed by atoms with Gasteiger partial charge in [-0.2, -0.15) is 0 Å². The van der Waals surface area contributed by atoms with Crippen LogP contribution >= 0.6 is 0 Å². The summed E-state index contributed by atoms with van der Waals surface area (Å²) < 4.78 is 0. The molecule has 102 valence electrons. The number of amides is 1. The molecule has 0 fully saturated rings. The van der Waals surface area contributed by atoms with Gasteiger partial charge in [-0.3, -0.25) is 4.79 Å². The summed E-state index contributed by atoms with van der Waals surface area (Å²) in [5.41, 5.74) is 5.67. The standard InChI is InChI=1S/C15H16N4O/c16-18-15-12(5-3-9-17-15)10-19-13-6-2-1-4-11(13)7-8-14(19)20/h1-6,9H,7-8,10,16H2,(H,17,18). The van der Waals surface area contributed by atoms with Crippen LogP contribution in [0, 0.1) is 0 Å². The first-order chi connectivity index (χ1) is 9.79. The predicted molar refractivity (Wildman–Crippen MR) is 78.0 cm³/mol. The van der Waals surface area contributed by atoms with Crippen LogP contribution in [0.2, 0.25) is 0 Å². The number of nitrogens with one attached hydrogen (secondary N) is 1. The van der Waals surface area contributed by atoms with Crippen molar-refractivity contribution >= 4 is 17.4 Å². The van der Waals surface area contributed by atoms with Gasteiger partial charge in [0, 0.05) is 23.9 Å². The van der Waals surface area contributed by atoms with Gasteiger partial charge >= 0.3 is 0 Å². The number of anilines is 2. The third-order valence-electron chi connectivity index (χ3n) is 3.55. The van der Waals surface area contributed by atoms with E-state index < -0.39 is 0 Å². The van der Waals surface area contributed by atoms with Crippen molar-refractivity contribution in [3.8, 4) is 0 Å². The monoisotopic (exact) mass is 268 g/mol. The SMILES string of the molecule is NNc1ncccc1CN1C(=O)CCc2ccccc21. The molecule has 0 aliphatic carbocycles. The van der Waals surface area contributed by atoms with E-state index in [1.165, 1.54) is 5.56 Å². The summed E-state index contributed by atoms with van der Waals surface area (Å²) >= 11 is 0. The molecule has 3 rings (SSSR count). The topological polar surface area (TPSA) is 71.2 Å². The van der Waals surface area contributed by atoms with Crippen LogP contribution in [0.5, 0.6) is 0 Å². The number of hydrazine groups is 1. The Morgan fingerprint density at radius 3 is 2.90 bits per heavy atom. The van der Waals surface area contributed by atoms with Gasteiger partial charge in [0.15, 0.2) is 0 Å². The lowest BCUT2D eigenvalue weighted by Crippen LogP contribution is -2.34. The highest BCUT2D eigenvalue weighted by molar-refractivity contribution is 5.96. The maximum atomic E-state index is 12.2. The van der Waals surface area contributed by atoms with Crippen LogP contribution < -0.4 is 16.2 Å². The van der Waals surface area contributed by atoms with Crippen LogP contribution in [0.25, 0.3) is 0 Å². The molecule has 0 radical (unpaired) electrons. The van der Waals surface area contributed by atoms with Crippen LogP contribution in [0.15, 0.2) is 42.6 Å². The van der Waals surface area contributed by atoms with Gasteiger partial charge in [0.25, 0.3) is 0 Å². The maximum absolute atomic E-state index is 12.2. The summed E-state index contributed by atoms with van der Waals surface area (Å²) in [5, 5.41) is 0. The van der Waals surface area contributed by atoms with Crippen molar-refractivity contribution in [2.45, 2.75) is 19.4 Å². The minimum atomic E-state index is 0.135. The molecule has 1 aromatic heterocycles. The Morgan fingerprint density at radius 1 is 1.20 bits per heavy atom. The molecule has 20 heavy (non-hydrogen) atoms. The van der Waals surface area contributed by atoms with Crippen LogP contribution in [0.1, 0.15) is 17.5 Å². The minimum absolute atomic E-state index is 0.135. The third kappa shape index (κ3) is 2.23. The van der Waals surface area contributed by atoms with Crippen molar-refractivity contribution < 1.29 is 4.79 Å². The number of carbonyl (C=O) groups is 1. The number of hydrogen-bond acceptors (Lipinski definition) is 4. The lowest BCUT2D eigenvalue weighted by atomic mass is 10.0. The normalized spacial score (nSPS) is 14.1. The number of aromatic nitrogens is 1. The van der Waals surface area contributed by atoms with Crippen LogP contribution in [-0.4, -0.2) is 10.9 Å². The molecule has 3 N–H and O–H groups in total. The lowest BCUT2D eigenvalue weighted by Gasteiger charge is -2.29. The Balaban J connectivity index is 1.96. The summed E-state index contributed by atoms with van der Waals surface area (Å²) in [7, 11) is 0. The van der Waals surface area contributed by atoms with E-state index in [1.54, 1.807) is 11.1 Å². The fourth-order valence-corrected chi connectivity index (χ4v) is 2.54. The van der Waals surface area contributed by atoms with Crippen molar-refractivity contribution in [3.05, 3.63) is 53.7 Å². The lowest BCUT2D eigenvalue weighted by molar-refractivity contribution is -0.119. The Hall–Kier alpha value is -2.40. The first-order valence-corrected chi connectivity index (χ1v) is 6.58.